The van der Waals surface area contributed by atoms with Crippen molar-refractivity contribution < 1.29 is 8.42 Å². The minimum Gasteiger partial charge on any atom is -0.329 e. The van der Waals surface area contributed by atoms with Gasteiger partial charge in [-0.1, -0.05) is 54.6 Å². The lowest BCUT2D eigenvalue weighted by Gasteiger charge is -2.32. The van der Waals surface area contributed by atoms with Crippen LogP contribution >= 0.6 is 0 Å². The summed E-state index contributed by atoms with van der Waals surface area (Å²) in [4.78, 5) is 6.87. The van der Waals surface area contributed by atoms with Crippen LogP contribution in [0, 0.1) is 0 Å². The molecule has 0 radical (unpaired) electrons. The molecule has 0 bridgehead atoms. The SMILES string of the molecule is CS(=O)(=O)Cc1cccc(C2CCN(Cc3cncn3Cc3ccccc3)CC2)c1. The van der Waals surface area contributed by atoms with Crippen LogP contribution in [0.1, 0.15) is 41.1 Å². The molecule has 1 saturated heterocycles. The smallest absolute Gasteiger partial charge is 0.151 e. The lowest BCUT2D eigenvalue weighted by Crippen LogP contribution is -2.33. The molecule has 30 heavy (non-hydrogen) atoms. The molecule has 0 amide bonds. The molecule has 0 N–H and O–H groups in total. The molecule has 0 spiro atoms. The third kappa shape index (κ3) is 5.58. The quantitative estimate of drug-likeness (QED) is 0.579. The fraction of sp³-hybridized carbons (Fsp3) is 0.375. The molecule has 6 heteroatoms. The fourth-order valence-corrected chi connectivity index (χ4v) is 5.08. The van der Waals surface area contributed by atoms with Crippen LogP contribution in [0.4, 0.5) is 0 Å². The summed E-state index contributed by atoms with van der Waals surface area (Å²) < 4.78 is 25.5. The van der Waals surface area contributed by atoms with Crippen molar-refractivity contribution in [1.82, 2.24) is 14.5 Å². The van der Waals surface area contributed by atoms with E-state index in [0.717, 1.165) is 44.6 Å². The van der Waals surface area contributed by atoms with Crippen molar-refractivity contribution in [1.29, 1.82) is 0 Å². The largest absolute Gasteiger partial charge is 0.329 e. The van der Waals surface area contributed by atoms with Gasteiger partial charge in [-0.05, 0) is 48.5 Å². The summed E-state index contributed by atoms with van der Waals surface area (Å²) in [6.07, 6.45) is 7.37. The van der Waals surface area contributed by atoms with Crippen molar-refractivity contribution in [3.05, 3.63) is 89.5 Å². The highest BCUT2D eigenvalue weighted by molar-refractivity contribution is 7.89. The molecule has 158 valence electrons. The summed E-state index contributed by atoms with van der Waals surface area (Å²) >= 11 is 0. The van der Waals surface area contributed by atoms with Crippen LogP contribution in [0.5, 0.6) is 0 Å². The van der Waals surface area contributed by atoms with Crippen molar-refractivity contribution in [2.75, 3.05) is 19.3 Å². The Labute approximate surface area is 179 Å². The zero-order valence-corrected chi connectivity index (χ0v) is 18.3. The molecule has 1 aromatic heterocycles. The number of sulfone groups is 1. The van der Waals surface area contributed by atoms with Crippen LogP contribution in [0.3, 0.4) is 0 Å². The third-order valence-electron chi connectivity index (χ3n) is 5.82. The molecular weight excluding hydrogens is 394 g/mol. The van der Waals surface area contributed by atoms with E-state index in [-0.39, 0.29) is 5.75 Å². The lowest BCUT2D eigenvalue weighted by molar-refractivity contribution is 0.200. The molecule has 0 aliphatic carbocycles. The van der Waals surface area contributed by atoms with Gasteiger partial charge in [-0.3, -0.25) is 4.90 Å². The standard InChI is InChI=1S/C24H29N3O2S/c1-30(28,29)18-21-8-5-9-23(14-21)22-10-12-26(13-11-22)17-24-15-25-19-27(24)16-20-6-3-2-4-7-20/h2-9,14-15,19,22H,10-13,16-18H2,1H3. The fourth-order valence-electron chi connectivity index (χ4n) is 4.30. The minimum atomic E-state index is -3.01. The van der Waals surface area contributed by atoms with Crippen LogP contribution in [0.25, 0.3) is 0 Å². The first-order chi connectivity index (χ1) is 14.5. The summed E-state index contributed by atoms with van der Waals surface area (Å²) in [5.41, 5.74) is 4.68. The molecule has 3 aromatic rings. The van der Waals surface area contributed by atoms with Gasteiger partial charge in [-0.25, -0.2) is 13.4 Å². The van der Waals surface area contributed by atoms with E-state index in [1.165, 1.54) is 23.1 Å². The summed E-state index contributed by atoms with van der Waals surface area (Å²) in [7, 11) is -3.01. The average Bonchev–Trinajstić information content (AvgIpc) is 3.15. The van der Waals surface area contributed by atoms with Crippen LogP contribution in [0.15, 0.2) is 67.1 Å². The second kappa shape index (κ2) is 9.14. The number of likely N-dealkylation sites (tertiary alicyclic amines) is 1. The Morgan fingerprint density at radius 2 is 1.70 bits per heavy atom. The topological polar surface area (TPSA) is 55.2 Å². The Balaban J connectivity index is 1.35. The first-order valence-corrected chi connectivity index (χ1v) is 12.5. The minimum absolute atomic E-state index is 0.116. The van der Waals surface area contributed by atoms with Crippen LogP contribution < -0.4 is 0 Å². The molecular formula is C24H29N3O2S. The molecule has 4 rings (SSSR count). The average molecular weight is 424 g/mol. The Bertz CT molecular complexity index is 1070. The number of benzene rings is 2. The van der Waals surface area contributed by atoms with E-state index in [9.17, 15) is 8.42 Å². The van der Waals surface area contributed by atoms with Crippen molar-refractivity contribution in [3.8, 4) is 0 Å². The molecule has 0 saturated carbocycles. The van der Waals surface area contributed by atoms with Gasteiger partial charge in [0.2, 0.25) is 0 Å². The van der Waals surface area contributed by atoms with Gasteiger partial charge in [0.05, 0.1) is 17.8 Å². The predicted octanol–water partition coefficient (Wildman–Crippen LogP) is 3.86. The summed E-state index contributed by atoms with van der Waals surface area (Å²) in [5, 5.41) is 0. The number of hydrogen-bond donors (Lipinski definition) is 0. The number of hydrogen-bond acceptors (Lipinski definition) is 4. The summed E-state index contributed by atoms with van der Waals surface area (Å²) in [6.45, 7) is 3.84. The maximum atomic E-state index is 11.6. The number of rotatable bonds is 7. The lowest BCUT2D eigenvalue weighted by atomic mass is 9.88. The van der Waals surface area contributed by atoms with Gasteiger partial charge >= 0.3 is 0 Å². The zero-order chi connectivity index (χ0) is 21.0. The first kappa shape index (κ1) is 20.8. The molecule has 1 fully saturated rings. The molecule has 1 aliphatic rings. The van der Waals surface area contributed by atoms with Crippen LogP contribution in [-0.2, 0) is 28.7 Å². The number of nitrogens with zero attached hydrogens (tertiary/aromatic N) is 3. The Morgan fingerprint density at radius 3 is 2.43 bits per heavy atom. The van der Waals surface area contributed by atoms with Gasteiger partial charge in [0, 0.05) is 25.5 Å². The monoisotopic (exact) mass is 423 g/mol. The number of imidazole rings is 1. The van der Waals surface area contributed by atoms with Gasteiger partial charge in [0.25, 0.3) is 0 Å². The van der Waals surface area contributed by atoms with Crippen LogP contribution in [0.2, 0.25) is 0 Å². The Morgan fingerprint density at radius 1 is 0.967 bits per heavy atom. The predicted molar refractivity (Wildman–Crippen MR) is 120 cm³/mol. The number of piperidine rings is 1. The number of aromatic nitrogens is 2. The van der Waals surface area contributed by atoms with Gasteiger partial charge in [-0.15, -0.1) is 0 Å². The highest BCUT2D eigenvalue weighted by Gasteiger charge is 2.22. The van der Waals surface area contributed by atoms with Crippen molar-refractivity contribution in [3.63, 3.8) is 0 Å². The second-order valence-corrected chi connectivity index (χ2v) is 10.5. The molecule has 2 aromatic carbocycles. The first-order valence-electron chi connectivity index (χ1n) is 10.5. The Kier molecular flexibility index (Phi) is 6.35. The zero-order valence-electron chi connectivity index (χ0n) is 17.4. The van der Waals surface area contributed by atoms with E-state index in [0.29, 0.717) is 5.92 Å². The molecule has 0 unspecified atom stereocenters. The van der Waals surface area contributed by atoms with Crippen molar-refractivity contribution in [2.45, 2.75) is 37.6 Å². The Hall–Kier alpha value is -2.44. The van der Waals surface area contributed by atoms with E-state index >= 15 is 0 Å². The maximum Gasteiger partial charge on any atom is 0.151 e. The van der Waals surface area contributed by atoms with Gasteiger partial charge in [0.1, 0.15) is 0 Å². The van der Waals surface area contributed by atoms with Crippen LogP contribution in [-0.4, -0.2) is 42.2 Å². The van der Waals surface area contributed by atoms with E-state index < -0.39 is 9.84 Å². The van der Waals surface area contributed by atoms with E-state index in [1.807, 2.05) is 30.7 Å². The highest BCUT2D eigenvalue weighted by Crippen LogP contribution is 2.29. The molecule has 5 nitrogen and oxygen atoms in total. The van der Waals surface area contributed by atoms with Gasteiger partial charge in [0.15, 0.2) is 9.84 Å². The van der Waals surface area contributed by atoms with Crippen molar-refractivity contribution in [2.24, 2.45) is 0 Å². The van der Waals surface area contributed by atoms with E-state index in [1.54, 1.807) is 0 Å². The maximum absolute atomic E-state index is 11.6. The summed E-state index contributed by atoms with van der Waals surface area (Å²) in [5.74, 6) is 0.612. The van der Waals surface area contributed by atoms with E-state index in [2.05, 4.69) is 50.8 Å². The molecule has 2 heterocycles. The summed E-state index contributed by atoms with van der Waals surface area (Å²) in [6, 6.07) is 18.6. The normalized spacial score (nSPS) is 16.0. The van der Waals surface area contributed by atoms with Crippen molar-refractivity contribution >= 4 is 9.84 Å². The molecule has 0 atom stereocenters. The third-order valence-corrected chi connectivity index (χ3v) is 6.68. The van der Waals surface area contributed by atoms with E-state index in [4.69, 9.17) is 0 Å². The van der Waals surface area contributed by atoms with Gasteiger partial charge in [-0.2, -0.15) is 0 Å². The van der Waals surface area contributed by atoms with Gasteiger partial charge < -0.3 is 4.57 Å². The second-order valence-electron chi connectivity index (χ2n) is 8.36. The highest BCUT2D eigenvalue weighted by atomic mass is 32.2. The molecule has 1 aliphatic heterocycles.